The molecule has 15 nitrogen and oxygen atoms in total. The van der Waals surface area contributed by atoms with Crippen LogP contribution in [-0.2, 0) is 30.5 Å². The van der Waals surface area contributed by atoms with E-state index in [2.05, 4.69) is 22.5 Å². The Labute approximate surface area is 258 Å². The van der Waals surface area contributed by atoms with Gasteiger partial charge in [-0.3, -0.25) is 24.3 Å². The molecule has 7 N–H and O–H groups in total. The second-order valence-electron chi connectivity index (χ2n) is 10.7. The molecular weight excluding hydrogens is 595 g/mol. The molecule has 2 unspecified atom stereocenters. The number of aliphatic hydroxyl groups is 2. The van der Waals surface area contributed by atoms with Crippen LogP contribution in [0.25, 0.3) is 0 Å². The number of hydrogen-bond acceptors (Lipinski definition) is 10. The van der Waals surface area contributed by atoms with Gasteiger partial charge >= 0.3 is 11.8 Å². The van der Waals surface area contributed by atoms with Crippen LogP contribution in [0.1, 0.15) is 70.6 Å². The van der Waals surface area contributed by atoms with Gasteiger partial charge in [-0.15, -0.1) is 0 Å². The fourth-order valence-corrected chi connectivity index (χ4v) is 4.53. The molecule has 0 saturated carbocycles. The summed E-state index contributed by atoms with van der Waals surface area (Å²) in [6.07, 6.45) is -0.805. The van der Waals surface area contributed by atoms with Crippen LogP contribution in [0.3, 0.4) is 0 Å². The number of nitrogens with two attached hydrogens (primary N) is 1. The summed E-state index contributed by atoms with van der Waals surface area (Å²) in [6, 6.07) is 4.92. The van der Waals surface area contributed by atoms with Crippen molar-refractivity contribution in [3.05, 3.63) is 52.3 Å². The Kier molecular flexibility index (Phi) is 12.9. The van der Waals surface area contributed by atoms with Crippen LogP contribution < -0.4 is 27.4 Å². The SMILES string of the molecule is CCCCCCCC(=O)N[C@H](CC(N)=O)C(=O)Nc1ccc(COC(=O)Nc2nc(=O)n([C@@H]3O[C@H](C)C(O)C3O)cc2F)cc1. The van der Waals surface area contributed by atoms with Gasteiger partial charge in [0.1, 0.15) is 24.9 Å². The maximum Gasteiger partial charge on any atom is 0.413 e. The summed E-state index contributed by atoms with van der Waals surface area (Å²) in [5, 5.41) is 27.1. The largest absolute Gasteiger partial charge is 0.444 e. The zero-order chi connectivity index (χ0) is 33.1. The van der Waals surface area contributed by atoms with E-state index in [9.17, 15) is 38.6 Å². The summed E-state index contributed by atoms with van der Waals surface area (Å²) < 4.78 is 25.6. The Balaban J connectivity index is 1.51. The molecule has 45 heavy (non-hydrogen) atoms. The number of aliphatic hydroxyl groups excluding tert-OH is 2. The summed E-state index contributed by atoms with van der Waals surface area (Å²) in [6.45, 7) is 3.29. The van der Waals surface area contributed by atoms with E-state index in [1.165, 1.54) is 31.2 Å². The van der Waals surface area contributed by atoms with Gasteiger partial charge in [-0.25, -0.2) is 14.0 Å². The fourth-order valence-electron chi connectivity index (χ4n) is 4.53. The second-order valence-corrected chi connectivity index (χ2v) is 10.7. The summed E-state index contributed by atoms with van der Waals surface area (Å²) in [4.78, 5) is 64.6. The smallest absolute Gasteiger partial charge is 0.413 e. The Hall–Kier alpha value is -4.41. The van der Waals surface area contributed by atoms with Gasteiger partial charge in [-0.1, -0.05) is 44.7 Å². The van der Waals surface area contributed by atoms with E-state index in [0.29, 0.717) is 28.4 Å². The molecule has 1 fully saturated rings. The van der Waals surface area contributed by atoms with Crippen LogP contribution >= 0.6 is 0 Å². The van der Waals surface area contributed by atoms with E-state index in [1.54, 1.807) is 0 Å². The summed E-state index contributed by atoms with van der Waals surface area (Å²) in [5.74, 6) is -3.57. The number of benzene rings is 1. The molecule has 2 aromatic rings. The van der Waals surface area contributed by atoms with Crippen molar-refractivity contribution in [2.24, 2.45) is 5.73 Å². The normalized spacial score (nSPS) is 19.8. The Bertz CT molecular complexity index is 1400. The number of rotatable bonds is 15. The van der Waals surface area contributed by atoms with Gasteiger partial charge < -0.3 is 36.1 Å². The summed E-state index contributed by atoms with van der Waals surface area (Å²) >= 11 is 0. The van der Waals surface area contributed by atoms with E-state index >= 15 is 0 Å². The molecule has 16 heteroatoms. The van der Waals surface area contributed by atoms with Crippen molar-refractivity contribution in [2.75, 3.05) is 10.6 Å². The van der Waals surface area contributed by atoms with Gasteiger partial charge in [0, 0.05) is 12.1 Å². The molecule has 246 valence electrons. The van der Waals surface area contributed by atoms with Crippen LogP contribution in [-0.4, -0.2) is 67.9 Å². The molecule has 3 rings (SSSR count). The predicted octanol–water partition coefficient (Wildman–Crippen LogP) is 1.43. The molecule has 0 radical (unpaired) electrons. The highest BCUT2D eigenvalue weighted by atomic mass is 19.1. The number of nitrogens with one attached hydrogen (secondary N) is 3. The van der Waals surface area contributed by atoms with Crippen molar-refractivity contribution < 1.29 is 43.3 Å². The Morgan fingerprint density at radius 1 is 1.09 bits per heavy atom. The quantitative estimate of drug-likeness (QED) is 0.155. The van der Waals surface area contributed by atoms with Crippen molar-refractivity contribution in [2.45, 2.75) is 96.0 Å². The number of ether oxygens (including phenoxy) is 2. The van der Waals surface area contributed by atoms with Crippen molar-refractivity contribution in [1.29, 1.82) is 0 Å². The number of primary amides is 1. The van der Waals surface area contributed by atoms with Crippen LogP contribution in [0.4, 0.5) is 20.7 Å². The molecular formula is C29H39FN6O9. The molecule has 4 amide bonds. The van der Waals surface area contributed by atoms with E-state index in [-0.39, 0.29) is 25.4 Å². The van der Waals surface area contributed by atoms with Gasteiger partial charge in [0.15, 0.2) is 17.9 Å². The molecule has 1 saturated heterocycles. The average molecular weight is 635 g/mol. The molecule has 2 heterocycles. The van der Waals surface area contributed by atoms with Gasteiger partial charge in [0.2, 0.25) is 17.7 Å². The topological polar surface area (TPSA) is 224 Å². The van der Waals surface area contributed by atoms with Crippen molar-refractivity contribution in [3.8, 4) is 0 Å². The zero-order valence-corrected chi connectivity index (χ0v) is 25.0. The first-order valence-electron chi connectivity index (χ1n) is 14.6. The zero-order valence-electron chi connectivity index (χ0n) is 25.0. The van der Waals surface area contributed by atoms with Gasteiger partial charge in [0.05, 0.1) is 18.7 Å². The fraction of sp³-hybridized carbons (Fsp3) is 0.517. The van der Waals surface area contributed by atoms with Crippen LogP contribution in [0, 0.1) is 5.82 Å². The second kappa shape index (κ2) is 16.6. The average Bonchev–Trinajstić information content (AvgIpc) is 3.24. The van der Waals surface area contributed by atoms with Crippen LogP contribution in [0.2, 0.25) is 0 Å². The molecule has 1 aromatic heterocycles. The van der Waals surface area contributed by atoms with Gasteiger partial charge in [-0.05, 0) is 31.0 Å². The lowest BCUT2D eigenvalue weighted by atomic mass is 10.1. The number of carbonyl (C=O) groups is 4. The lowest BCUT2D eigenvalue weighted by molar-refractivity contribution is -0.128. The van der Waals surface area contributed by atoms with Crippen molar-refractivity contribution >= 4 is 35.3 Å². The number of halogens is 1. The van der Waals surface area contributed by atoms with Crippen LogP contribution in [0.15, 0.2) is 35.3 Å². The Morgan fingerprint density at radius 2 is 1.78 bits per heavy atom. The van der Waals surface area contributed by atoms with Crippen LogP contribution in [0.5, 0.6) is 0 Å². The minimum atomic E-state index is -1.49. The number of anilines is 2. The number of amides is 4. The lowest BCUT2D eigenvalue weighted by Gasteiger charge is -2.18. The number of nitrogens with zero attached hydrogens (tertiary/aromatic N) is 2. The first kappa shape index (κ1) is 35.1. The minimum Gasteiger partial charge on any atom is -0.444 e. The monoisotopic (exact) mass is 634 g/mol. The molecule has 0 spiro atoms. The molecule has 0 bridgehead atoms. The highest BCUT2D eigenvalue weighted by molar-refractivity contribution is 5.99. The number of unbranched alkanes of at least 4 members (excludes halogenated alkanes) is 4. The van der Waals surface area contributed by atoms with Crippen molar-refractivity contribution in [3.63, 3.8) is 0 Å². The first-order chi connectivity index (χ1) is 21.4. The molecule has 1 aliphatic heterocycles. The predicted molar refractivity (Wildman–Crippen MR) is 158 cm³/mol. The minimum absolute atomic E-state index is 0.226. The van der Waals surface area contributed by atoms with E-state index < -0.39 is 65.8 Å². The standard InChI is InChI=1S/C29H39FN6O9/c1-3-4-5-6-7-8-22(38)33-20(13-21(31)37)26(41)32-18-11-9-17(10-12-18)15-44-29(43)35-25-19(30)14-36(28(42)34-25)27-24(40)23(39)16(2)45-27/h9-12,14,16,20,23-24,27,39-40H,3-8,13,15H2,1-2H3,(H2,31,37)(H,32,41)(H,33,38)(H,34,35,42,43)/t16-,20-,23?,24?,27-/m1/s1. The molecule has 0 aliphatic carbocycles. The lowest BCUT2D eigenvalue weighted by Crippen LogP contribution is -2.46. The summed E-state index contributed by atoms with van der Waals surface area (Å²) in [5.41, 5.74) is 5.03. The number of hydrogen-bond donors (Lipinski definition) is 6. The molecule has 5 atom stereocenters. The maximum absolute atomic E-state index is 14.6. The number of aromatic nitrogens is 2. The maximum atomic E-state index is 14.6. The van der Waals surface area contributed by atoms with Gasteiger partial charge in [-0.2, -0.15) is 4.98 Å². The van der Waals surface area contributed by atoms with Crippen molar-refractivity contribution in [1.82, 2.24) is 14.9 Å². The third-order valence-corrected chi connectivity index (χ3v) is 7.03. The third kappa shape index (κ3) is 10.3. The Morgan fingerprint density at radius 3 is 2.40 bits per heavy atom. The highest BCUT2D eigenvalue weighted by Gasteiger charge is 2.42. The van der Waals surface area contributed by atoms with E-state index in [1.807, 2.05) is 5.32 Å². The highest BCUT2D eigenvalue weighted by Crippen LogP contribution is 2.28. The summed E-state index contributed by atoms with van der Waals surface area (Å²) in [7, 11) is 0. The van der Waals surface area contributed by atoms with E-state index in [4.69, 9.17) is 15.2 Å². The molecule has 1 aliphatic rings. The number of carbonyl (C=O) groups excluding carboxylic acids is 4. The van der Waals surface area contributed by atoms with Gasteiger partial charge in [0.25, 0.3) is 0 Å². The molecule has 1 aromatic carbocycles. The van der Waals surface area contributed by atoms with E-state index in [0.717, 1.165) is 25.7 Å². The third-order valence-electron chi connectivity index (χ3n) is 7.03. The first-order valence-corrected chi connectivity index (χ1v) is 14.6.